The number of hydrogen-bond donors (Lipinski definition) is 1. The molecule has 0 saturated carbocycles. The van der Waals surface area contributed by atoms with Crippen molar-refractivity contribution in [3.63, 3.8) is 0 Å². The van der Waals surface area contributed by atoms with E-state index in [1.165, 1.54) is 11.8 Å². The molecule has 3 aromatic rings. The Morgan fingerprint density at radius 2 is 1.75 bits per heavy atom. The zero-order valence-electron chi connectivity index (χ0n) is 16.8. The lowest BCUT2D eigenvalue weighted by molar-refractivity contribution is -0.115. The third kappa shape index (κ3) is 4.59. The standard InChI is InChI=1S/C21H25N5OS/c1-13(2)18-8-6-7-9-19(18)22-20(27)16(5)28-21-23-24-25-26(21)17-11-14(3)10-15(4)12-17/h6-13,16H,1-5H3,(H,22,27)/t16-/m1/s1. The number of aromatic nitrogens is 4. The minimum Gasteiger partial charge on any atom is -0.325 e. The molecule has 7 heteroatoms. The lowest BCUT2D eigenvalue weighted by Crippen LogP contribution is -2.23. The van der Waals surface area contributed by atoms with Crippen molar-refractivity contribution in [1.82, 2.24) is 20.2 Å². The molecule has 1 heterocycles. The summed E-state index contributed by atoms with van der Waals surface area (Å²) < 4.78 is 1.68. The number of nitrogens with zero attached hydrogens (tertiary/aromatic N) is 4. The first-order chi connectivity index (χ1) is 13.3. The predicted octanol–water partition coefficient (Wildman–Crippen LogP) is 4.52. The zero-order chi connectivity index (χ0) is 20.3. The minimum atomic E-state index is -0.351. The van der Waals surface area contributed by atoms with Gasteiger partial charge in [0.05, 0.1) is 10.9 Å². The quantitative estimate of drug-likeness (QED) is 0.621. The Bertz CT molecular complexity index is 962. The molecule has 0 saturated heterocycles. The van der Waals surface area contributed by atoms with Crippen LogP contribution in [0.15, 0.2) is 47.6 Å². The van der Waals surface area contributed by atoms with Crippen molar-refractivity contribution in [2.45, 2.75) is 50.9 Å². The second-order valence-corrected chi connectivity index (χ2v) is 8.52. The van der Waals surface area contributed by atoms with Crippen LogP contribution in [0.25, 0.3) is 5.69 Å². The number of thioether (sulfide) groups is 1. The molecule has 6 nitrogen and oxygen atoms in total. The van der Waals surface area contributed by atoms with Crippen LogP contribution in [0.5, 0.6) is 0 Å². The lowest BCUT2D eigenvalue weighted by atomic mass is 10.0. The Hall–Kier alpha value is -2.67. The number of tetrazole rings is 1. The van der Waals surface area contributed by atoms with Crippen LogP contribution in [-0.4, -0.2) is 31.4 Å². The number of anilines is 1. The molecule has 1 aromatic heterocycles. The third-order valence-corrected chi connectivity index (χ3v) is 5.42. The summed E-state index contributed by atoms with van der Waals surface area (Å²) in [5.74, 6) is 0.254. The highest BCUT2D eigenvalue weighted by atomic mass is 32.2. The Morgan fingerprint density at radius 1 is 1.07 bits per heavy atom. The van der Waals surface area contributed by atoms with Crippen LogP contribution in [0.2, 0.25) is 0 Å². The van der Waals surface area contributed by atoms with Crippen molar-refractivity contribution >= 4 is 23.4 Å². The smallest absolute Gasteiger partial charge is 0.237 e. The van der Waals surface area contributed by atoms with E-state index in [-0.39, 0.29) is 11.2 Å². The number of aryl methyl sites for hydroxylation is 2. The molecule has 0 unspecified atom stereocenters. The van der Waals surface area contributed by atoms with E-state index in [1.54, 1.807) is 4.68 Å². The summed E-state index contributed by atoms with van der Waals surface area (Å²) in [4.78, 5) is 12.8. The molecule has 28 heavy (non-hydrogen) atoms. The molecule has 0 spiro atoms. The van der Waals surface area contributed by atoms with Crippen LogP contribution in [0.4, 0.5) is 5.69 Å². The van der Waals surface area contributed by atoms with Crippen molar-refractivity contribution in [2.75, 3.05) is 5.32 Å². The fraction of sp³-hybridized carbons (Fsp3) is 0.333. The number of benzene rings is 2. The molecule has 0 bridgehead atoms. The van der Waals surface area contributed by atoms with E-state index in [2.05, 4.69) is 40.8 Å². The van der Waals surface area contributed by atoms with Crippen LogP contribution in [0.3, 0.4) is 0 Å². The number of nitrogens with one attached hydrogen (secondary N) is 1. The molecule has 0 fully saturated rings. The van der Waals surface area contributed by atoms with Crippen molar-refractivity contribution < 1.29 is 4.79 Å². The van der Waals surface area contributed by atoms with Crippen molar-refractivity contribution in [3.8, 4) is 5.69 Å². The van der Waals surface area contributed by atoms with Gasteiger partial charge in [0.1, 0.15) is 0 Å². The number of amides is 1. The summed E-state index contributed by atoms with van der Waals surface area (Å²) in [7, 11) is 0. The van der Waals surface area contributed by atoms with Gasteiger partial charge in [-0.1, -0.05) is 49.9 Å². The molecular formula is C21H25N5OS. The van der Waals surface area contributed by atoms with Crippen LogP contribution >= 0.6 is 11.8 Å². The summed E-state index contributed by atoms with van der Waals surface area (Å²) in [6.07, 6.45) is 0. The van der Waals surface area contributed by atoms with E-state index in [1.807, 2.05) is 57.2 Å². The molecule has 1 atom stereocenters. The summed E-state index contributed by atoms with van der Waals surface area (Å²) in [6, 6.07) is 14.0. The molecule has 0 aliphatic heterocycles. The van der Waals surface area contributed by atoms with E-state index < -0.39 is 0 Å². The topological polar surface area (TPSA) is 72.7 Å². The van der Waals surface area contributed by atoms with Gasteiger partial charge in [-0.2, -0.15) is 4.68 Å². The van der Waals surface area contributed by atoms with Crippen LogP contribution in [0.1, 0.15) is 43.4 Å². The van der Waals surface area contributed by atoms with Crippen LogP contribution < -0.4 is 5.32 Å². The molecule has 0 aliphatic carbocycles. The summed E-state index contributed by atoms with van der Waals surface area (Å²) in [5.41, 5.74) is 5.13. The first kappa shape index (κ1) is 20.1. The van der Waals surface area contributed by atoms with Crippen molar-refractivity contribution in [2.24, 2.45) is 0 Å². The van der Waals surface area contributed by atoms with Gasteiger partial charge in [-0.3, -0.25) is 4.79 Å². The summed E-state index contributed by atoms with van der Waals surface area (Å²) in [6.45, 7) is 10.2. The second-order valence-electron chi connectivity index (χ2n) is 7.21. The van der Waals surface area contributed by atoms with Gasteiger partial charge in [0, 0.05) is 5.69 Å². The Labute approximate surface area is 169 Å². The molecule has 0 radical (unpaired) electrons. The first-order valence-corrected chi connectivity index (χ1v) is 10.2. The van der Waals surface area contributed by atoms with Crippen LogP contribution in [-0.2, 0) is 4.79 Å². The highest BCUT2D eigenvalue weighted by Gasteiger charge is 2.20. The second kappa shape index (κ2) is 8.56. The van der Waals surface area contributed by atoms with Gasteiger partial charge in [-0.05, 0) is 72.0 Å². The highest BCUT2D eigenvalue weighted by molar-refractivity contribution is 8.00. The number of hydrogen-bond acceptors (Lipinski definition) is 5. The van der Waals surface area contributed by atoms with E-state index in [4.69, 9.17) is 0 Å². The van der Waals surface area contributed by atoms with Gasteiger partial charge < -0.3 is 5.32 Å². The number of rotatable bonds is 6. The fourth-order valence-corrected chi connectivity index (χ4v) is 3.86. The molecule has 3 rings (SSSR count). The van der Waals surface area contributed by atoms with Gasteiger partial charge in [-0.15, -0.1) is 5.10 Å². The van der Waals surface area contributed by atoms with Gasteiger partial charge in [0.25, 0.3) is 0 Å². The Morgan fingerprint density at radius 3 is 2.43 bits per heavy atom. The van der Waals surface area contributed by atoms with E-state index in [0.29, 0.717) is 11.1 Å². The minimum absolute atomic E-state index is 0.0759. The van der Waals surface area contributed by atoms with E-state index in [9.17, 15) is 4.79 Å². The third-order valence-electron chi connectivity index (χ3n) is 4.38. The molecule has 0 aliphatic rings. The van der Waals surface area contributed by atoms with E-state index in [0.717, 1.165) is 28.1 Å². The normalized spacial score (nSPS) is 12.2. The summed E-state index contributed by atoms with van der Waals surface area (Å²) in [5, 5.41) is 15.3. The summed E-state index contributed by atoms with van der Waals surface area (Å²) >= 11 is 1.34. The van der Waals surface area contributed by atoms with Crippen LogP contribution in [0, 0.1) is 13.8 Å². The largest absolute Gasteiger partial charge is 0.325 e. The monoisotopic (exact) mass is 395 g/mol. The number of carbonyl (C=O) groups is 1. The average Bonchev–Trinajstić information content (AvgIpc) is 3.09. The van der Waals surface area contributed by atoms with Crippen molar-refractivity contribution in [3.05, 3.63) is 59.2 Å². The Balaban J connectivity index is 1.76. The molecule has 146 valence electrons. The predicted molar refractivity (Wildman–Crippen MR) is 113 cm³/mol. The SMILES string of the molecule is Cc1cc(C)cc(-n2nnnc2S[C@H](C)C(=O)Nc2ccccc2C(C)C)c1. The fourth-order valence-electron chi connectivity index (χ4n) is 3.05. The average molecular weight is 396 g/mol. The zero-order valence-corrected chi connectivity index (χ0v) is 17.6. The van der Waals surface area contributed by atoms with Gasteiger partial charge in [-0.25, -0.2) is 0 Å². The first-order valence-electron chi connectivity index (χ1n) is 9.28. The number of carbonyl (C=O) groups excluding carboxylic acids is 1. The maximum Gasteiger partial charge on any atom is 0.237 e. The molecular weight excluding hydrogens is 370 g/mol. The molecule has 1 amide bonds. The van der Waals surface area contributed by atoms with Gasteiger partial charge in [0.2, 0.25) is 11.1 Å². The highest BCUT2D eigenvalue weighted by Crippen LogP contribution is 2.27. The lowest BCUT2D eigenvalue weighted by Gasteiger charge is -2.16. The Kier molecular flexibility index (Phi) is 6.14. The number of para-hydroxylation sites is 1. The molecule has 2 aromatic carbocycles. The maximum atomic E-state index is 12.8. The maximum absolute atomic E-state index is 12.8. The van der Waals surface area contributed by atoms with E-state index >= 15 is 0 Å². The van der Waals surface area contributed by atoms with Gasteiger partial charge in [0.15, 0.2) is 0 Å². The van der Waals surface area contributed by atoms with Crippen molar-refractivity contribution in [1.29, 1.82) is 0 Å². The van der Waals surface area contributed by atoms with Gasteiger partial charge >= 0.3 is 0 Å². The molecule has 1 N–H and O–H groups in total.